The van der Waals surface area contributed by atoms with E-state index in [1.54, 1.807) is 0 Å². The first-order chi connectivity index (χ1) is 21.6. The van der Waals surface area contributed by atoms with Crippen LogP contribution in [0.2, 0.25) is 0 Å². The van der Waals surface area contributed by atoms with Crippen molar-refractivity contribution in [1.82, 2.24) is 0 Å². The molecule has 44 heavy (non-hydrogen) atoms. The molecule has 0 heterocycles. The summed E-state index contributed by atoms with van der Waals surface area (Å²) in [6.07, 6.45) is 42.9. The predicted molar refractivity (Wildman–Crippen MR) is 190 cm³/mol. The second-order valence-corrected chi connectivity index (χ2v) is 13.8. The van der Waals surface area contributed by atoms with E-state index in [1.165, 1.54) is 180 Å². The fraction of sp³-hybridized carbons (Fsp3) is 0.950. The number of carbonyl (C=O) groups is 2. The Kier molecular flexibility index (Phi) is 35.5. The average Bonchev–Trinajstić information content (AvgIpc) is 3.01. The van der Waals surface area contributed by atoms with Gasteiger partial charge in [0.2, 0.25) is 0 Å². The van der Waals surface area contributed by atoms with Crippen molar-refractivity contribution < 1.29 is 19.4 Å². The molecule has 4 nitrogen and oxygen atoms in total. The highest BCUT2D eigenvalue weighted by molar-refractivity contribution is 5.69. The summed E-state index contributed by atoms with van der Waals surface area (Å²) >= 11 is 0. The fourth-order valence-corrected chi connectivity index (χ4v) is 6.36. The number of unbranched alkanes of at least 4 members (excludes halogenated alkanes) is 28. The Morgan fingerprint density at radius 1 is 0.409 bits per heavy atom. The van der Waals surface area contributed by atoms with Crippen molar-refractivity contribution in [3.63, 3.8) is 0 Å². The number of hydrogen-bond acceptors (Lipinski definition) is 3. The van der Waals surface area contributed by atoms with Crippen molar-refractivity contribution in [3.8, 4) is 0 Å². The summed E-state index contributed by atoms with van der Waals surface area (Å²) < 4.78 is 6.00. The Morgan fingerprint density at radius 3 is 1.02 bits per heavy atom. The molecule has 1 unspecified atom stereocenters. The zero-order valence-electron chi connectivity index (χ0n) is 30.0. The van der Waals surface area contributed by atoms with Crippen LogP contribution in [0.15, 0.2) is 0 Å². The highest BCUT2D eigenvalue weighted by Crippen LogP contribution is 2.19. The standard InChI is InChI=1S/C40H78O4/c1-3-5-7-9-10-11-12-13-14-15-20-23-26-29-33-37-40(43)44-38(34-30-8-6-4-2)35-31-27-24-21-18-16-17-19-22-25-28-32-36-39(41)42/h38H,3-37H2,1-2H3,(H,41,42). The van der Waals surface area contributed by atoms with E-state index in [2.05, 4.69) is 13.8 Å². The third kappa shape index (κ3) is 35.4. The number of carboxylic acid groups (broad SMARTS) is 1. The van der Waals surface area contributed by atoms with Crippen molar-refractivity contribution in [2.24, 2.45) is 0 Å². The Morgan fingerprint density at radius 2 is 0.682 bits per heavy atom. The van der Waals surface area contributed by atoms with Crippen molar-refractivity contribution in [1.29, 1.82) is 0 Å². The molecule has 0 saturated carbocycles. The summed E-state index contributed by atoms with van der Waals surface area (Å²) in [5.74, 6) is -0.624. The molecule has 1 atom stereocenters. The van der Waals surface area contributed by atoms with E-state index >= 15 is 0 Å². The zero-order valence-corrected chi connectivity index (χ0v) is 30.0. The minimum Gasteiger partial charge on any atom is -0.481 e. The summed E-state index contributed by atoms with van der Waals surface area (Å²) in [5.41, 5.74) is 0. The van der Waals surface area contributed by atoms with Crippen LogP contribution in [0.5, 0.6) is 0 Å². The number of carboxylic acids is 1. The molecule has 1 N–H and O–H groups in total. The molecule has 0 rings (SSSR count). The quantitative estimate of drug-likeness (QED) is 0.0553. The number of carbonyl (C=O) groups excluding carboxylic acids is 1. The van der Waals surface area contributed by atoms with Crippen molar-refractivity contribution in [3.05, 3.63) is 0 Å². The lowest BCUT2D eigenvalue weighted by molar-refractivity contribution is -0.150. The van der Waals surface area contributed by atoms with Gasteiger partial charge in [-0.25, -0.2) is 0 Å². The SMILES string of the molecule is CCCCCCCCCCCCCCCCCC(=O)OC(CCCCCC)CCCCCCCCCCCCCCC(=O)O. The van der Waals surface area contributed by atoms with Gasteiger partial charge >= 0.3 is 11.9 Å². The molecule has 0 amide bonds. The predicted octanol–water partition coefficient (Wildman–Crippen LogP) is 13.7. The minimum atomic E-state index is -0.668. The highest BCUT2D eigenvalue weighted by atomic mass is 16.5. The first-order valence-electron chi connectivity index (χ1n) is 20.0. The van der Waals surface area contributed by atoms with Crippen molar-refractivity contribution in [2.45, 2.75) is 245 Å². The van der Waals surface area contributed by atoms with Crippen LogP contribution >= 0.6 is 0 Å². The van der Waals surface area contributed by atoms with Crippen LogP contribution in [0.1, 0.15) is 239 Å². The number of hydrogen-bond donors (Lipinski definition) is 1. The van der Waals surface area contributed by atoms with E-state index < -0.39 is 5.97 Å². The largest absolute Gasteiger partial charge is 0.481 e. The summed E-state index contributed by atoms with van der Waals surface area (Å²) in [7, 11) is 0. The van der Waals surface area contributed by atoms with Gasteiger partial charge in [-0.1, -0.05) is 187 Å². The molecule has 0 spiro atoms. The minimum absolute atomic E-state index is 0.0436. The average molecular weight is 623 g/mol. The lowest BCUT2D eigenvalue weighted by atomic mass is 10.0. The number of rotatable bonds is 37. The van der Waals surface area contributed by atoms with Crippen molar-refractivity contribution in [2.75, 3.05) is 0 Å². The number of ether oxygens (including phenoxy) is 1. The Labute approximate surface area is 275 Å². The first-order valence-corrected chi connectivity index (χ1v) is 20.0. The van der Waals surface area contributed by atoms with Crippen LogP contribution in [0.4, 0.5) is 0 Å². The molecule has 0 aliphatic heterocycles. The summed E-state index contributed by atoms with van der Waals surface area (Å²) in [4.78, 5) is 23.1. The molecular weight excluding hydrogens is 544 g/mol. The monoisotopic (exact) mass is 623 g/mol. The number of aliphatic carboxylic acids is 1. The van der Waals surface area contributed by atoms with E-state index in [0.29, 0.717) is 12.8 Å². The molecule has 0 radical (unpaired) electrons. The second-order valence-electron chi connectivity index (χ2n) is 13.8. The molecule has 0 aromatic rings. The highest BCUT2D eigenvalue weighted by Gasteiger charge is 2.14. The van der Waals surface area contributed by atoms with Gasteiger partial charge in [-0.15, -0.1) is 0 Å². The summed E-state index contributed by atoms with van der Waals surface area (Å²) in [6, 6.07) is 0. The van der Waals surface area contributed by atoms with Crippen LogP contribution in [-0.4, -0.2) is 23.1 Å². The molecule has 0 aliphatic rings. The van der Waals surface area contributed by atoms with Gasteiger partial charge in [0, 0.05) is 12.8 Å². The fourth-order valence-electron chi connectivity index (χ4n) is 6.36. The van der Waals surface area contributed by atoms with Crippen LogP contribution in [0, 0.1) is 0 Å². The van der Waals surface area contributed by atoms with Crippen molar-refractivity contribution >= 4 is 11.9 Å². The first kappa shape index (κ1) is 42.9. The molecule has 0 fully saturated rings. The Balaban J connectivity index is 3.75. The van der Waals surface area contributed by atoms with Gasteiger partial charge in [0.05, 0.1) is 0 Å². The van der Waals surface area contributed by atoms with Gasteiger partial charge < -0.3 is 9.84 Å². The van der Waals surface area contributed by atoms with E-state index in [4.69, 9.17) is 9.84 Å². The molecule has 0 aliphatic carbocycles. The molecule has 0 bridgehead atoms. The summed E-state index contributed by atoms with van der Waals surface area (Å²) in [5, 5.41) is 8.68. The van der Waals surface area contributed by atoms with E-state index in [-0.39, 0.29) is 12.1 Å². The second kappa shape index (κ2) is 36.4. The topological polar surface area (TPSA) is 63.6 Å². The molecule has 262 valence electrons. The lowest BCUT2D eigenvalue weighted by Crippen LogP contribution is -2.18. The van der Waals surface area contributed by atoms with Crippen LogP contribution in [0.25, 0.3) is 0 Å². The zero-order chi connectivity index (χ0) is 32.2. The third-order valence-corrected chi connectivity index (χ3v) is 9.33. The number of esters is 1. The third-order valence-electron chi connectivity index (χ3n) is 9.33. The van der Waals surface area contributed by atoms with Gasteiger partial charge in [-0.3, -0.25) is 9.59 Å². The lowest BCUT2D eigenvalue weighted by Gasteiger charge is -2.18. The maximum Gasteiger partial charge on any atom is 0.306 e. The van der Waals surface area contributed by atoms with Gasteiger partial charge in [-0.05, 0) is 38.5 Å². The van der Waals surface area contributed by atoms with Crippen LogP contribution in [-0.2, 0) is 14.3 Å². The van der Waals surface area contributed by atoms with Crippen LogP contribution < -0.4 is 0 Å². The van der Waals surface area contributed by atoms with Crippen LogP contribution in [0.3, 0.4) is 0 Å². The summed E-state index contributed by atoms with van der Waals surface area (Å²) in [6.45, 7) is 4.54. The molecular formula is C40H78O4. The smallest absolute Gasteiger partial charge is 0.306 e. The molecule has 4 heteroatoms. The van der Waals surface area contributed by atoms with E-state index in [0.717, 1.165) is 32.1 Å². The Bertz CT molecular complexity index is 590. The van der Waals surface area contributed by atoms with Gasteiger partial charge in [0.25, 0.3) is 0 Å². The molecule has 0 saturated heterocycles. The maximum atomic E-state index is 12.6. The van der Waals surface area contributed by atoms with Gasteiger partial charge in [0.1, 0.15) is 6.10 Å². The molecule has 0 aromatic carbocycles. The van der Waals surface area contributed by atoms with Gasteiger partial charge in [-0.2, -0.15) is 0 Å². The van der Waals surface area contributed by atoms with E-state index in [1.807, 2.05) is 0 Å². The van der Waals surface area contributed by atoms with E-state index in [9.17, 15) is 9.59 Å². The molecule has 0 aromatic heterocycles. The normalized spacial score (nSPS) is 12.0. The van der Waals surface area contributed by atoms with Gasteiger partial charge in [0.15, 0.2) is 0 Å². The maximum absolute atomic E-state index is 12.6. The Hall–Kier alpha value is -1.06.